The highest BCUT2D eigenvalue weighted by Crippen LogP contribution is 2.21. The first-order valence-corrected chi connectivity index (χ1v) is 12.1. The third kappa shape index (κ3) is 5.83. The number of hydrogen-bond acceptors (Lipinski definition) is 14. The van der Waals surface area contributed by atoms with Crippen LogP contribution in [-0.2, 0) is 14.3 Å². The SMILES string of the molecule is O/N=C1/CCCC/C1=N/O[B-](O/N=C1/CCCC/C1=N/O)(O/N=C1\CCCC\C1=N/O)c1ccon1. The van der Waals surface area contributed by atoms with E-state index in [0.29, 0.717) is 72.8 Å². The predicted octanol–water partition coefficient (Wildman–Crippen LogP) is 3.15. The van der Waals surface area contributed by atoms with Gasteiger partial charge in [0.1, 0.15) is 23.4 Å². The van der Waals surface area contributed by atoms with Crippen LogP contribution in [0.25, 0.3) is 0 Å². The van der Waals surface area contributed by atoms with Gasteiger partial charge in [-0.3, -0.25) is 0 Å². The number of oxime groups is 6. The number of rotatable bonds is 7. The Labute approximate surface area is 207 Å². The van der Waals surface area contributed by atoms with Crippen LogP contribution in [0.4, 0.5) is 0 Å². The largest absolute Gasteiger partial charge is 0.662 e. The zero-order valence-corrected chi connectivity index (χ0v) is 19.8. The average molecular weight is 502 g/mol. The first-order chi connectivity index (χ1) is 17.7. The van der Waals surface area contributed by atoms with E-state index >= 15 is 0 Å². The lowest BCUT2D eigenvalue weighted by molar-refractivity contribution is 0.0789. The van der Waals surface area contributed by atoms with Crippen molar-refractivity contribution in [2.24, 2.45) is 30.9 Å². The van der Waals surface area contributed by atoms with Gasteiger partial charge in [-0.05, 0) is 83.1 Å². The maximum Gasteiger partial charge on any atom is 0.662 e. The predicted molar refractivity (Wildman–Crippen MR) is 131 cm³/mol. The van der Waals surface area contributed by atoms with E-state index in [9.17, 15) is 15.6 Å². The quantitative estimate of drug-likeness (QED) is 0.288. The molecule has 194 valence electrons. The molecule has 3 N–H and O–H groups in total. The molecule has 0 spiro atoms. The second-order valence-corrected chi connectivity index (χ2v) is 8.76. The fraction of sp³-hybridized carbons (Fsp3) is 0.571. The highest BCUT2D eigenvalue weighted by atomic mass is 16.9. The molecule has 1 aromatic rings. The molecule has 14 nitrogen and oxygen atoms in total. The van der Waals surface area contributed by atoms with E-state index in [2.05, 4.69) is 36.1 Å². The highest BCUT2D eigenvalue weighted by molar-refractivity contribution is 6.74. The van der Waals surface area contributed by atoms with Crippen LogP contribution in [0, 0.1) is 0 Å². The molecule has 4 rings (SSSR count). The summed E-state index contributed by atoms with van der Waals surface area (Å²) in [4.78, 5) is 0. The van der Waals surface area contributed by atoms with Crippen LogP contribution in [0.1, 0.15) is 77.0 Å². The van der Waals surface area contributed by atoms with Gasteiger partial charge in [-0.2, -0.15) is 0 Å². The average Bonchev–Trinajstić information content (AvgIpc) is 3.49. The molecule has 0 bridgehead atoms. The Morgan fingerprint density at radius 2 is 0.972 bits per heavy atom. The molecule has 1 aromatic heterocycles. The van der Waals surface area contributed by atoms with Crippen LogP contribution < -0.4 is 5.59 Å². The summed E-state index contributed by atoms with van der Waals surface area (Å²) < 4.78 is 22.5. The van der Waals surface area contributed by atoms with E-state index < -0.39 is 6.75 Å². The van der Waals surface area contributed by atoms with Gasteiger partial charge in [0.2, 0.25) is 0 Å². The minimum atomic E-state index is -3.11. The Balaban J connectivity index is 1.72. The number of hydrogen-bond donors (Lipinski definition) is 3. The Kier molecular flexibility index (Phi) is 8.52. The van der Waals surface area contributed by atoms with E-state index in [-0.39, 0.29) is 5.59 Å². The molecule has 15 heteroatoms. The first-order valence-electron chi connectivity index (χ1n) is 12.1. The van der Waals surface area contributed by atoms with Crippen molar-refractivity contribution in [3.63, 3.8) is 0 Å². The fourth-order valence-corrected chi connectivity index (χ4v) is 4.26. The van der Waals surface area contributed by atoms with E-state index in [1.807, 2.05) is 0 Å². The van der Waals surface area contributed by atoms with Crippen molar-refractivity contribution in [1.29, 1.82) is 0 Å². The molecule has 0 aliphatic heterocycles. The summed E-state index contributed by atoms with van der Waals surface area (Å²) in [6.07, 6.45) is 9.60. The topological polar surface area (TPSA) is 189 Å². The van der Waals surface area contributed by atoms with Crippen molar-refractivity contribution in [3.05, 3.63) is 12.3 Å². The van der Waals surface area contributed by atoms with Crippen molar-refractivity contribution in [2.45, 2.75) is 77.0 Å². The Hall–Kier alpha value is -3.91. The van der Waals surface area contributed by atoms with Crippen LogP contribution >= 0.6 is 0 Å². The third-order valence-electron chi connectivity index (χ3n) is 6.32. The second kappa shape index (κ2) is 12.2. The van der Waals surface area contributed by atoms with Gasteiger partial charge in [-0.25, -0.2) is 0 Å². The second-order valence-electron chi connectivity index (χ2n) is 8.76. The normalized spacial score (nSPS) is 26.2. The van der Waals surface area contributed by atoms with Gasteiger partial charge >= 0.3 is 6.75 Å². The molecule has 0 amide bonds. The van der Waals surface area contributed by atoms with Crippen molar-refractivity contribution in [1.82, 2.24) is 5.16 Å². The molecule has 3 aliphatic rings. The van der Waals surface area contributed by atoms with Crippen molar-refractivity contribution >= 4 is 46.6 Å². The molecule has 0 aromatic carbocycles. The lowest BCUT2D eigenvalue weighted by atomic mass is 9.75. The fourth-order valence-electron chi connectivity index (χ4n) is 4.26. The minimum Gasteiger partial charge on any atom is -0.535 e. The van der Waals surface area contributed by atoms with Gasteiger partial charge in [-0.15, -0.1) is 20.6 Å². The lowest BCUT2D eigenvalue weighted by Gasteiger charge is -2.34. The lowest BCUT2D eigenvalue weighted by Crippen LogP contribution is -2.55. The molecule has 0 atom stereocenters. The smallest absolute Gasteiger partial charge is 0.535 e. The molecule has 0 saturated heterocycles. The van der Waals surface area contributed by atoms with Gasteiger partial charge in [0.25, 0.3) is 0 Å². The van der Waals surface area contributed by atoms with Crippen LogP contribution in [0.3, 0.4) is 0 Å². The van der Waals surface area contributed by atoms with Gasteiger partial charge < -0.3 is 34.4 Å². The van der Waals surface area contributed by atoms with E-state index in [0.717, 1.165) is 38.5 Å². The van der Waals surface area contributed by atoms with Crippen molar-refractivity contribution < 1.29 is 34.4 Å². The standard InChI is InChI=1S/C21H29BN7O7/c30-23-15-7-1-4-10-18(15)26-34-22(21-13-14-33-29-21,35-27-19-11-5-2-8-16(19)24-31)36-28-20-12-6-3-9-17(20)25-32/h13-14,30-32H,1-12H2/q-1/b23-15-,24-16-,25-17+,26-18-,27-19-,28-20+. The van der Waals surface area contributed by atoms with Crippen molar-refractivity contribution in [3.8, 4) is 0 Å². The zero-order chi connectivity index (χ0) is 25.2. The molecule has 3 aliphatic carbocycles. The Morgan fingerprint density at radius 3 is 1.28 bits per heavy atom. The molecule has 0 unspecified atom stereocenters. The van der Waals surface area contributed by atoms with Crippen LogP contribution in [0.2, 0.25) is 0 Å². The summed E-state index contributed by atoms with van der Waals surface area (Å²) in [5, 5.41) is 54.6. The van der Waals surface area contributed by atoms with Gasteiger partial charge in [0.15, 0.2) is 0 Å². The van der Waals surface area contributed by atoms with Gasteiger partial charge in [-0.1, -0.05) is 15.5 Å². The Bertz CT molecular complexity index is 975. The summed E-state index contributed by atoms with van der Waals surface area (Å²) in [5.41, 5.74) is 2.54. The van der Waals surface area contributed by atoms with Crippen molar-refractivity contribution in [2.75, 3.05) is 0 Å². The van der Waals surface area contributed by atoms with Gasteiger partial charge in [0.05, 0.1) is 22.7 Å². The minimum absolute atomic E-state index is 0.0722. The molecular weight excluding hydrogens is 473 g/mol. The highest BCUT2D eigenvalue weighted by Gasteiger charge is 2.45. The monoisotopic (exact) mass is 502 g/mol. The van der Waals surface area contributed by atoms with Crippen LogP contribution in [0.5, 0.6) is 0 Å². The third-order valence-corrected chi connectivity index (χ3v) is 6.32. The molecule has 1 heterocycles. The summed E-state index contributed by atoms with van der Waals surface area (Å²) in [5.74, 6) is 0. The van der Waals surface area contributed by atoms with Gasteiger partial charge in [0, 0.05) is 0 Å². The maximum absolute atomic E-state index is 9.38. The number of aromatic nitrogens is 1. The first kappa shape index (κ1) is 25.2. The molecule has 3 fully saturated rings. The van der Waals surface area contributed by atoms with E-state index in [1.165, 1.54) is 12.3 Å². The number of nitrogens with zero attached hydrogens (tertiary/aromatic N) is 7. The maximum atomic E-state index is 9.38. The van der Waals surface area contributed by atoms with Crippen LogP contribution in [0.15, 0.2) is 47.8 Å². The summed E-state index contributed by atoms with van der Waals surface area (Å²) in [6, 6.07) is 1.46. The summed E-state index contributed by atoms with van der Waals surface area (Å²) in [6.45, 7) is -3.11. The Morgan fingerprint density at radius 1 is 0.611 bits per heavy atom. The molecule has 3 saturated carbocycles. The molecular formula is C21H29BN7O7-. The molecule has 0 radical (unpaired) electrons. The zero-order valence-electron chi connectivity index (χ0n) is 19.8. The summed E-state index contributed by atoms with van der Waals surface area (Å²) >= 11 is 0. The molecule has 36 heavy (non-hydrogen) atoms. The van der Waals surface area contributed by atoms with Crippen LogP contribution in [-0.4, -0.2) is 61.8 Å². The summed E-state index contributed by atoms with van der Waals surface area (Å²) in [7, 11) is 0. The van der Waals surface area contributed by atoms with E-state index in [4.69, 9.17) is 18.8 Å². The van der Waals surface area contributed by atoms with E-state index in [1.54, 1.807) is 0 Å².